The van der Waals surface area contributed by atoms with Crippen molar-refractivity contribution in [2.24, 2.45) is 0 Å². The third-order valence-electron chi connectivity index (χ3n) is 5.20. The highest BCUT2D eigenvalue weighted by atomic mass is 79.9. The molecule has 1 aromatic heterocycles. The van der Waals surface area contributed by atoms with Crippen LogP contribution in [-0.4, -0.2) is 57.2 Å². The van der Waals surface area contributed by atoms with Gasteiger partial charge in [0.1, 0.15) is 11.5 Å². The first-order valence-electron chi connectivity index (χ1n) is 10.8. The molecular weight excluding hydrogens is 500 g/mol. The third kappa shape index (κ3) is 6.79. The van der Waals surface area contributed by atoms with Gasteiger partial charge in [0.2, 0.25) is 5.91 Å². The number of hydrogen-bond acceptors (Lipinski definition) is 6. The van der Waals surface area contributed by atoms with Gasteiger partial charge < -0.3 is 23.8 Å². The van der Waals surface area contributed by atoms with E-state index in [1.807, 2.05) is 48.5 Å². The van der Waals surface area contributed by atoms with Gasteiger partial charge in [0, 0.05) is 57.8 Å². The molecule has 0 fully saturated rings. The van der Waals surface area contributed by atoms with E-state index in [1.165, 1.54) is 0 Å². The summed E-state index contributed by atoms with van der Waals surface area (Å²) in [6, 6.07) is 17.4. The van der Waals surface area contributed by atoms with Crippen LogP contribution in [0.4, 0.5) is 0 Å². The molecule has 180 valence electrons. The summed E-state index contributed by atoms with van der Waals surface area (Å²) in [5.41, 5.74) is 3.44. The minimum Gasteiger partial charge on any atom is -0.467 e. The van der Waals surface area contributed by atoms with Crippen LogP contribution in [0.1, 0.15) is 11.3 Å². The van der Waals surface area contributed by atoms with Gasteiger partial charge in [-0.2, -0.15) is 0 Å². The average Bonchev–Trinajstić information content (AvgIpc) is 2.87. The molecule has 34 heavy (non-hydrogen) atoms. The molecule has 3 rings (SSSR count). The Morgan fingerprint density at radius 2 is 1.65 bits per heavy atom. The van der Waals surface area contributed by atoms with E-state index >= 15 is 0 Å². The van der Waals surface area contributed by atoms with Crippen LogP contribution in [0.15, 0.2) is 65.3 Å². The smallest absolute Gasteiger partial charge is 0.226 e. The van der Waals surface area contributed by atoms with E-state index < -0.39 is 0 Å². The summed E-state index contributed by atoms with van der Waals surface area (Å²) in [7, 11) is 4.91. The first kappa shape index (κ1) is 25.7. The number of carbonyl (C=O) groups excluding carboxylic acids is 1. The van der Waals surface area contributed by atoms with Crippen LogP contribution >= 0.6 is 15.9 Å². The molecule has 0 N–H and O–H groups in total. The molecular formula is C26H29BrN2O5. The Balaban J connectivity index is 1.96. The average molecular weight is 529 g/mol. The van der Waals surface area contributed by atoms with Crippen molar-refractivity contribution in [2.75, 3.05) is 41.4 Å². The Morgan fingerprint density at radius 3 is 2.29 bits per heavy atom. The molecule has 1 amide bonds. The van der Waals surface area contributed by atoms with Gasteiger partial charge >= 0.3 is 0 Å². The van der Waals surface area contributed by atoms with E-state index in [9.17, 15) is 4.79 Å². The van der Waals surface area contributed by atoms with Crippen LogP contribution in [0, 0.1) is 0 Å². The van der Waals surface area contributed by atoms with Crippen molar-refractivity contribution in [3.63, 3.8) is 0 Å². The normalized spacial score (nSPS) is 10.7. The van der Waals surface area contributed by atoms with E-state index in [-0.39, 0.29) is 25.9 Å². The van der Waals surface area contributed by atoms with Crippen molar-refractivity contribution in [3.8, 4) is 22.6 Å². The fourth-order valence-corrected chi connectivity index (χ4v) is 4.02. The van der Waals surface area contributed by atoms with E-state index in [0.29, 0.717) is 28.9 Å². The molecule has 0 aliphatic rings. The van der Waals surface area contributed by atoms with Crippen molar-refractivity contribution in [2.45, 2.75) is 12.8 Å². The van der Waals surface area contributed by atoms with Gasteiger partial charge in [0.15, 0.2) is 13.6 Å². The topological polar surface area (TPSA) is 70.1 Å². The number of benzene rings is 2. The number of aromatic nitrogens is 1. The minimum atomic E-state index is -0.0320. The minimum absolute atomic E-state index is 0.0320. The van der Waals surface area contributed by atoms with Crippen LogP contribution < -0.4 is 9.47 Å². The zero-order chi connectivity index (χ0) is 24.3. The molecule has 0 spiro atoms. The summed E-state index contributed by atoms with van der Waals surface area (Å²) < 4.78 is 22.6. The van der Waals surface area contributed by atoms with Gasteiger partial charge in [0.25, 0.3) is 0 Å². The second kappa shape index (κ2) is 13.1. The van der Waals surface area contributed by atoms with E-state index in [1.54, 1.807) is 38.4 Å². The first-order chi connectivity index (χ1) is 16.5. The number of pyridine rings is 1. The summed E-state index contributed by atoms with van der Waals surface area (Å²) in [6.07, 6.45) is 2.58. The molecule has 0 aliphatic heterocycles. The van der Waals surface area contributed by atoms with E-state index in [2.05, 4.69) is 20.9 Å². The molecule has 0 bridgehead atoms. The van der Waals surface area contributed by atoms with E-state index in [0.717, 1.165) is 22.4 Å². The molecule has 7 nitrogen and oxygen atoms in total. The molecule has 3 aromatic rings. The Labute approximate surface area is 208 Å². The summed E-state index contributed by atoms with van der Waals surface area (Å²) in [6.45, 7) is 0.675. The van der Waals surface area contributed by atoms with Gasteiger partial charge in [-0.3, -0.25) is 9.78 Å². The maximum atomic E-state index is 13.3. The molecule has 0 atom stereocenters. The largest absolute Gasteiger partial charge is 0.467 e. The number of rotatable bonds is 12. The van der Waals surface area contributed by atoms with E-state index in [4.69, 9.17) is 18.9 Å². The number of likely N-dealkylation sites (N-methyl/N-ethyl adjacent to an activating group) is 1. The molecule has 1 heterocycles. The van der Waals surface area contributed by atoms with Gasteiger partial charge in [-0.05, 0) is 39.2 Å². The lowest BCUT2D eigenvalue weighted by atomic mass is 9.95. The molecule has 8 heteroatoms. The lowest BCUT2D eigenvalue weighted by Crippen LogP contribution is -2.30. The quantitative estimate of drug-likeness (QED) is 0.317. The summed E-state index contributed by atoms with van der Waals surface area (Å²) >= 11 is 3.67. The standard InChI is InChI=1S/C26H29BrN2O5/c1-29(14-12-20-11-7-8-13-28-20)24(30)15-21-25(19-9-5-4-6-10-19)22(33-17-31-2)16-23(26(21)27)34-18-32-3/h4-11,13,16H,12,14-15,17-18H2,1-3H3. The van der Waals surface area contributed by atoms with Crippen LogP contribution in [-0.2, 0) is 27.1 Å². The Morgan fingerprint density at radius 1 is 0.971 bits per heavy atom. The highest BCUT2D eigenvalue weighted by Gasteiger charge is 2.23. The fourth-order valence-electron chi connectivity index (χ4n) is 3.45. The van der Waals surface area contributed by atoms with Gasteiger partial charge in [-0.1, -0.05) is 36.4 Å². The van der Waals surface area contributed by atoms with Crippen LogP contribution in [0.5, 0.6) is 11.5 Å². The zero-order valence-corrected chi connectivity index (χ0v) is 21.2. The zero-order valence-electron chi connectivity index (χ0n) is 19.6. The predicted octanol–water partition coefficient (Wildman–Crippen LogP) is 4.72. The lowest BCUT2D eigenvalue weighted by molar-refractivity contribution is -0.129. The highest BCUT2D eigenvalue weighted by Crippen LogP contribution is 2.43. The number of nitrogens with zero attached hydrogens (tertiary/aromatic N) is 2. The fraction of sp³-hybridized carbons (Fsp3) is 0.308. The van der Waals surface area contributed by atoms with Crippen molar-refractivity contribution in [1.82, 2.24) is 9.88 Å². The van der Waals surface area contributed by atoms with Gasteiger partial charge in [-0.15, -0.1) is 0 Å². The number of carbonyl (C=O) groups is 1. The molecule has 0 unspecified atom stereocenters. The Kier molecular flexibility index (Phi) is 9.88. The van der Waals surface area contributed by atoms with Crippen molar-refractivity contribution >= 4 is 21.8 Å². The van der Waals surface area contributed by atoms with Crippen LogP contribution in [0.3, 0.4) is 0 Å². The van der Waals surface area contributed by atoms with Crippen molar-refractivity contribution in [3.05, 3.63) is 76.5 Å². The van der Waals surface area contributed by atoms with Crippen molar-refractivity contribution < 1.29 is 23.7 Å². The Hall–Kier alpha value is -2.94. The third-order valence-corrected chi connectivity index (χ3v) is 6.07. The predicted molar refractivity (Wildman–Crippen MR) is 134 cm³/mol. The second-order valence-corrected chi connectivity index (χ2v) is 8.36. The number of amides is 1. The number of ether oxygens (including phenoxy) is 4. The number of methoxy groups -OCH3 is 2. The molecule has 0 saturated carbocycles. The lowest BCUT2D eigenvalue weighted by Gasteiger charge is -2.22. The SMILES string of the molecule is COCOc1cc(OCOC)c(-c2ccccc2)c(CC(=O)N(C)CCc2ccccn2)c1Br. The van der Waals surface area contributed by atoms with Gasteiger partial charge in [-0.25, -0.2) is 0 Å². The number of hydrogen-bond donors (Lipinski definition) is 0. The maximum Gasteiger partial charge on any atom is 0.226 e. The second-order valence-electron chi connectivity index (χ2n) is 7.57. The maximum absolute atomic E-state index is 13.3. The first-order valence-corrected chi connectivity index (χ1v) is 11.6. The molecule has 0 aliphatic carbocycles. The van der Waals surface area contributed by atoms with Gasteiger partial charge in [0.05, 0.1) is 10.9 Å². The molecule has 0 radical (unpaired) electrons. The summed E-state index contributed by atoms with van der Waals surface area (Å²) in [5, 5.41) is 0. The summed E-state index contributed by atoms with van der Waals surface area (Å²) in [4.78, 5) is 19.3. The Bertz CT molecular complexity index is 1060. The number of halogens is 1. The van der Waals surface area contributed by atoms with Crippen LogP contribution in [0.2, 0.25) is 0 Å². The molecule has 0 saturated heterocycles. The highest BCUT2D eigenvalue weighted by molar-refractivity contribution is 9.10. The molecule has 2 aromatic carbocycles. The monoisotopic (exact) mass is 528 g/mol. The van der Waals surface area contributed by atoms with Crippen LogP contribution in [0.25, 0.3) is 11.1 Å². The summed E-state index contributed by atoms with van der Waals surface area (Å²) in [5.74, 6) is 1.04. The van der Waals surface area contributed by atoms with Crippen molar-refractivity contribution in [1.29, 1.82) is 0 Å².